The molecule has 0 N–H and O–H groups in total. The third kappa shape index (κ3) is 1.63. The molecule has 1 saturated heterocycles. The summed E-state index contributed by atoms with van der Waals surface area (Å²) in [5.74, 6) is 0. The highest BCUT2D eigenvalue weighted by molar-refractivity contribution is 6.90. The van der Waals surface area contributed by atoms with Crippen LogP contribution in [0.2, 0.25) is 11.1 Å². The number of rotatable bonds is 2. The topological polar surface area (TPSA) is 9.23 Å². The number of benzene rings is 1. The third-order valence-electron chi connectivity index (χ3n) is 4.77. The van der Waals surface area contributed by atoms with Crippen LogP contribution in [0.1, 0.15) is 12.8 Å². The molecular formula is C17H20OSi. The molecule has 1 fully saturated rings. The van der Waals surface area contributed by atoms with Crippen molar-refractivity contribution in [2.75, 3.05) is 7.11 Å². The van der Waals surface area contributed by atoms with E-state index in [1.807, 2.05) is 7.11 Å². The van der Waals surface area contributed by atoms with Crippen LogP contribution in [-0.2, 0) is 4.43 Å². The zero-order valence-electron chi connectivity index (χ0n) is 11.4. The maximum atomic E-state index is 6.24. The molecule has 1 nitrogen and oxygen atoms in total. The average molecular weight is 268 g/mol. The van der Waals surface area contributed by atoms with Gasteiger partial charge in [-0.2, -0.15) is 0 Å². The molecule has 1 aromatic rings. The first-order valence-corrected chi connectivity index (χ1v) is 9.03. The van der Waals surface area contributed by atoms with E-state index >= 15 is 0 Å². The van der Waals surface area contributed by atoms with Crippen LogP contribution in [0.15, 0.2) is 66.8 Å². The van der Waals surface area contributed by atoms with Crippen LogP contribution in [0.4, 0.5) is 0 Å². The molecule has 0 saturated carbocycles. The van der Waals surface area contributed by atoms with E-state index in [9.17, 15) is 0 Å². The molecule has 0 amide bonds. The molecule has 1 aliphatic heterocycles. The van der Waals surface area contributed by atoms with Gasteiger partial charge in [-0.15, -0.1) is 0 Å². The van der Waals surface area contributed by atoms with Gasteiger partial charge < -0.3 is 4.43 Å². The average Bonchev–Trinajstić information content (AvgIpc) is 2.84. The molecular weight excluding hydrogens is 248 g/mol. The van der Waals surface area contributed by atoms with Crippen molar-refractivity contribution in [3.8, 4) is 0 Å². The molecule has 3 rings (SSSR count). The molecule has 1 spiro atoms. The first-order chi connectivity index (χ1) is 9.25. The van der Waals surface area contributed by atoms with Crippen LogP contribution >= 0.6 is 0 Å². The van der Waals surface area contributed by atoms with Crippen molar-refractivity contribution in [1.29, 1.82) is 0 Å². The van der Waals surface area contributed by atoms with Crippen molar-refractivity contribution in [2.24, 2.45) is 0 Å². The SMILES string of the molecule is C=C1C=CC=CC12CCC[Si]2(OC)c1ccccc1. The number of allylic oxidation sites excluding steroid dienone is 5. The molecule has 0 bridgehead atoms. The Labute approximate surface area is 116 Å². The first-order valence-electron chi connectivity index (χ1n) is 6.91. The smallest absolute Gasteiger partial charge is 0.237 e. The summed E-state index contributed by atoms with van der Waals surface area (Å²) in [4.78, 5) is 0. The summed E-state index contributed by atoms with van der Waals surface area (Å²) in [5, 5.41) is 1.45. The largest absolute Gasteiger partial charge is 0.414 e. The van der Waals surface area contributed by atoms with Gasteiger partial charge in [0.15, 0.2) is 0 Å². The van der Waals surface area contributed by atoms with E-state index in [0.29, 0.717) is 0 Å². The lowest BCUT2D eigenvalue weighted by Gasteiger charge is -2.43. The highest BCUT2D eigenvalue weighted by atomic mass is 28.4. The van der Waals surface area contributed by atoms with Gasteiger partial charge in [0.2, 0.25) is 8.32 Å². The Hall–Kier alpha value is -1.38. The zero-order chi connectivity index (χ0) is 13.3. The molecule has 1 aromatic carbocycles. The second kappa shape index (κ2) is 4.62. The summed E-state index contributed by atoms with van der Waals surface area (Å²) in [6.07, 6.45) is 11.2. The Morgan fingerprint density at radius 2 is 2.00 bits per heavy atom. The van der Waals surface area contributed by atoms with Crippen molar-refractivity contribution in [3.05, 3.63) is 66.8 Å². The fourth-order valence-corrected chi connectivity index (χ4v) is 8.85. The predicted octanol–water partition coefficient (Wildman–Crippen LogP) is 3.70. The predicted molar refractivity (Wildman–Crippen MR) is 83.0 cm³/mol. The van der Waals surface area contributed by atoms with Gasteiger partial charge in [-0.25, -0.2) is 0 Å². The number of hydrogen-bond donors (Lipinski definition) is 0. The van der Waals surface area contributed by atoms with Crippen molar-refractivity contribution in [3.63, 3.8) is 0 Å². The zero-order valence-corrected chi connectivity index (χ0v) is 12.4. The standard InChI is InChI=1S/C17H20OSi/c1-15-9-6-7-12-17(15)13-8-14-19(17,18-2)16-10-4-3-5-11-16/h3-7,9-12H,1,8,13-14H2,2H3. The summed E-state index contributed by atoms with van der Waals surface area (Å²) in [5.41, 5.74) is 1.23. The van der Waals surface area contributed by atoms with Crippen LogP contribution in [-0.4, -0.2) is 15.4 Å². The van der Waals surface area contributed by atoms with E-state index in [4.69, 9.17) is 4.43 Å². The summed E-state index contributed by atoms with van der Waals surface area (Å²) in [6.45, 7) is 4.33. The molecule has 1 aliphatic carbocycles. The fraction of sp³-hybridized carbons (Fsp3) is 0.294. The number of hydrogen-bond acceptors (Lipinski definition) is 1. The molecule has 98 valence electrons. The van der Waals surface area contributed by atoms with Crippen LogP contribution in [0.3, 0.4) is 0 Å². The molecule has 2 heteroatoms. The van der Waals surface area contributed by atoms with Crippen LogP contribution < -0.4 is 5.19 Å². The summed E-state index contributed by atoms with van der Waals surface area (Å²) < 4.78 is 6.24. The highest BCUT2D eigenvalue weighted by Gasteiger charge is 2.59. The van der Waals surface area contributed by atoms with Gasteiger partial charge in [0.05, 0.1) is 0 Å². The van der Waals surface area contributed by atoms with Gasteiger partial charge in [-0.05, 0) is 23.2 Å². The minimum absolute atomic E-state index is 0.0534. The van der Waals surface area contributed by atoms with Crippen LogP contribution in [0.5, 0.6) is 0 Å². The van der Waals surface area contributed by atoms with Gasteiger partial charge in [0, 0.05) is 12.1 Å². The summed E-state index contributed by atoms with van der Waals surface area (Å²) in [6, 6.07) is 12.0. The maximum Gasteiger partial charge on any atom is 0.237 e. The second-order valence-corrected chi connectivity index (χ2v) is 9.50. The Balaban J connectivity index is 2.18. The normalized spacial score (nSPS) is 33.2. The third-order valence-corrected chi connectivity index (χ3v) is 9.97. The van der Waals surface area contributed by atoms with Crippen molar-refractivity contribution >= 4 is 13.5 Å². The fourth-order valence-electron chi connectivity index (χ4n) is 3.84. The quantitative estimate of drug-likeness (QED) is 0.743. The van der Waals surface area contributed by atoms with Gasteiger partial charge in [-0.3, -0.25) is 0 Å². The van der Waals surface area contributed by atoms with Crippen LogP contribution in [0.25, 0.3) is 0 Å². The molecule has 0 aromatic heterocycles. The van der Waals surface area contributed by atoms with Crippen molar-refractivity contribution in [2.45, 2.75) is 23.9 Å². The summed E-state index contributed by atoms with van der Waals surface area (Å²) >= 11 is 0. The van der Waals surface area contributed by atoms with Gasteiger partial charge >= 0.3 is 0 Å². The van der Waals surface area contributed by atoms with Crippen molar-refractivity contribution in [1.82, 2.24) is 0 Å². The van der Waals surface area contributed by atoms with Crippen molar-refractivity contribution < 1.29 is 4.43 Å². The minimum atomic E-state index is -2.03. The summed E-state index contributed by atoms with van der Waals surface area (Å²) in [7, 11) is -0.138. The Kier molecular flexibility index (Phi) is 3.07. The van der Waals surface area contributed by atoms with Gasteiger partial charge in [-0.1, -0.05) is 67.6 Å². The lowest BCUT2D eigenvalue weighted by Crippen LogP contribution is -2.56. The Morgan fingerprint density at radius 1 is 1.21 bits per heavy atom. The van der Waals surface area contributed by atoms with E-state index in [1.165, 1.54) is 29.6 Å². The molecule has 1 heterocycles. The maximum absolute atomic E-state index is 6.24. The monoisotopic (exact) mass is 268 g/mol. The molecule has 2 unspecified atom stereocenters. The first kappa shape index (κ1) is 12.6. The molecule has 19 heavy (non-hydrogen) atoms. The lowest BCUT2D eigenvalue weighted by atomic mass is 9.91. The Bertz CT molecular complexity index is 546. The lowest BCUT2D eigenvalue weighted by molar-refractivity contribution is 0.392. The molecule has 0 radical (unpaired) electrons. The van der Waals surface area contributed by atoms with E-state index < -0.39 is 8.32 Å². The molecule has 2 atom stereocenters. The highest BCUT2D eigenvalue weighted by Crippen LogP contribution is 2.58. The Morgan fingerprint density at radius 3 is 2.68 bits per heavy atom. The van der Waals surface area contributed by atoms with Crippen LogP contribution in [0, 0.1) is 0 Å². The minimum Gasteiger partial charge on any atom is -0.414 e. The van der Waals surface area contributed by atoms with E-state index in [2.05, 4.69) is 61.2 Å². The van der Waals surface area contributed by atoms with Gasteiger partial charge in [0.1, 0.15) is 0 Å². The molecule has 2 aliphatic rings. The van der Waals surface area contributed by atoms with Gasteiger partial charge in [0.25, 0.3) is 0 Å². The van der Waals surface area contributed by atoms with E-state index in [0.717, 1.165) is 0 Å². The van der Waals surface area contributed by atoms with E-state index in [-0.39, 0.29) is 5.04 Å². The van der Waals surface area contributed by atoms with E-state index in [1.54, 1.807) is 0 Å². The second-order valence-electron chi connectivity index (χ2n) is 5.47.